The second kappa shape index (κ2) is 4.05. The Morgan fingerprint density at radius 3 is 2.33 bits per heavy atom. The van der Waals surface area contributed by atoms with Crippen molar-refractivity contribution >= 4 is 9.76 Å². The van der Waals surface area contributed by atoms with Gasteiger partial charge in [-0.1, -0.05) is 5.57 Å². The van der Waals surface area contributed by atoms with Crippen LogP contribution in [0.2, 0.25) is 6.55 Å². The zero-order chi connectivity index (χ0) is 9.14. The van der Waals surface area contributed by atoms with E-state index in [-0.39, 0.29) is 0 Å². The van der Waals surface area contributed by atoms with Gasteiger partial charge < -0.3 is 4.43 Å². The van der Waals surface area contributed by atoms with Crippen molar-refractivity contribution in [1.29, 1.82) is 0 Å². The van der Waals surface area contributed by atoms with Gasteiger partial charge in [0.1, 0.15) is 0 Å². The minimum absolute atomic E-state index is 0.606. The van der Waals surface area contributed by atoms with E-state index in [0.717, 1.165) is 13.0 Å². The maximum atomic E-state index is 5.43. The van der Waals surface area contributed by atoms with Gasteiger partial charge in [-0.05, 0) is 50.5 Å². The predicted octanol–water partition coefficient (Wildman–Crippen LogP) is 2.73. The predicted molar refractivity (Wildman–Crippen MR) is 53.3 cm³/mol. The summed E-state index contributed by atoms with van der Waals surface area (Å²) in [6, 6.07) is 0. The molecule has 0 aromatic heterocycles. The number of hydrogen-bond acceptors (Lipinski definition) is 1. The van der Waals surface area contributed by atoms with Crippen LogP contribution in [0.5, 0.6) is 0 Å². The molecule has 1 aliphatic carbocycles. The number of hydrogen-bond donors (Lipinski definition) is 0. The molecule has 2 heteroatoms. The highest BCUT2D eigenvalue weighted by atomic mass is 28.2. The Labute approximate surface area is 77.4 Å². The van der Waals surface area contributed by atoms with Gasteiger partial charge in [0, 0.05) is 0 Å². The van der Waals surface area contributed by atoms with Crippen molar-refractivity contribution < 1.29 is 4.43 Å². The summed E-state index contributed by atoms with van der Waals surface area (Å²) in [6.07, 6.45) is 1.13. The number of allylic oxidation sites excluding steroid dienone is 3. The van der Waals surface area contributed by atoms with Crippen molar-refractivity contribution in [3.05, 3.63) is 22.3 Å². The summed E-state index contributed by atoms with van der Waals surface area (Å²) in [5.74, 6) is 0. The standard InChI is InChI=1S/C10H16OSi/c1-7-5-10(6-11-12-4)9(3)8(7)2/h5-6H2,1-4H3. The third kappa shape index (κ3) is 1.87. The molecule has 0 N–H and O–H groups in total. The summed E-state index contributed by atoms with van der Waals surface area (Å²) in [4.78, 5) is 0. The molecule has 0 spiro atoms. The molecule has 0 fully saturated rings. The van der Waals surface area contributed by atoms with E-state index < -0.39 is 0 Å². The summed E-state index contributed by atoms with van der Waals surface area (Å²) in [5.41, 5.74) is 5.89. The topological polar surface area (TPSA) is 9.23 Å². The molecule has 0 heterocycles. The summed E-state index contributed by atoms with van der Waals surface area (Å²) in [7, 11) is 0.606. The Morgan fingerprint density at radius 1 is 1.25 bits per heavy atom. The van der Waals surface area contributed by atoms with Crippen LogP contribution in [0, 0.1) is 0 Å². The largest absolute Gasteiger partial charge is 0.414 e. The lowest BCUT2D eigenvalue weighted by molar-refractivity contribution is 0.373. The van der Waals surface area contributed by atoms with Gasteiger partial charge in [-0.15, -0.1) is 0 Å². The van der Waals surface area contributed by atoms with Crippen molar-refractivity contribution in [2.45, 2.75) is 33.7 Å². The van der Waals surface area contributed by atoms with Gasteiger partial charge in [-0.2, -0.15) is 0 Å². The third-order valence-electron chi connectivity index (χ3n) is 2.60. The second-order valence-corrected chi connectivity index (χ2v) is 4.00. The highest BCUT2D eigenvalue weighted by Gasteiger charge is 2.14. The van der Waals surface area contributed by atoms with E-state index in [1.54, 1.807) is 0 Å². The maximum absolute atomic E-state index is 5.43. The molecule has 0 aliphatic heterocycles. The molecule has 0 saturated heterocycles. The molecule has 1 rings (SSSR count). The molecule has 0 atom stereocenters. The first-order chi connectivity index (χ1) is 5.66. The minimum atomic E-state index is 0.606. The van der Waals surface area contributed by atoms with Crippen LogP contribution in [0.1, 0.15) is 27.2 Å². The molecule has 0 amide bonds. The molecule has 0 aromatic rings. The average molecular weight is 180 g/mol. The third-order valence-corrected chi connectivity index (χ3v) is 3.04. The Bertz CT molecular complexity index is 238. The summed E-state index contributed by atoms with van der Waals surface area (Å²) in [5, 5.41) is 0. The Balaban J connectivity index is 2.60. The molecule has 66 valence electrons. The van der Waals surface area contributed by atoms with Gasteiger partial charge in [0.05, 0.1) is 6.61 Å². The molecule has 1 nitrogen and oxygen atoms in total. The van der Waals surface area contributed by atoms with E-state index in [1.165, 1.54) is 22.3 Å². The Kier molecular flexibility index (Phi) is 3.29. The van der Waals surface area contributed by atoms with Crippen molar-refractivity contribution in [1.82, 2.24) is 0 Å². The van der Waals surface area contributed by atoms with Crippen molar-refractivity contribution in [2.24, 2.45) is 0 Å². The van der Waals surface area contributed by atoms with Crippen LogP contribution >= 0.6 is 0 Å². The monoisotopic (exact) mass is 180 g/mol. The highest BCUT2D eigenvalue weighted by molar-refractivity contribution is 6.24. The molecular formula is C10H16OSi. The fraction of sp³-hybridized carbons (Fsp3) is 0.600. The van der Waals surface area contributed by atoms with Crippen LogP contribution < -0.4 is 0 Å². The fourth-order valence-electron chi connectivity index (χ4n) is 1.49. The normalized spacial score (nSPS) is 18.0. The van der Waals surface area contributed by atoms with E-state index in [2.05, 4.69) is 27.3 Å². The highest BCUT2D eigenvalue weighted by Crippen LogP contribution is 2.31. The van der Waals surface area contributed by atoms with Gasteiger partial charge in [0.25, 0.3) is 0 Å². The van der Waals surface area contributed by atoms with Crippen LogP contribution in [-0.4, -0.2) is 16.4 Å². The van der Waals surface area contributed by atoms with Crippen molar-refractivity contribution in [2.75, 3.05) is 6.61 Å². The summed E-state index contributed by atoms with van der Waals surface area (Å²) in [6.45, 7) is 9.50. The van der Waals surface area contributed by atoms with Crippen LogP contribution in [0.4, 0.5) is 0 Å². The van der Waals surface area contributed by atoms with Crippen LogP contribution in [0.25, 0.3) is 0 Å². The first kappa shape index (κ1) is 9.74. The quantitative estimate of drug-likeness (QED) is 0.607. The van der Waals surface area contributed by atoms with E-state index in [0.29, 0.717) is 9.76 Å². The van der Waals surface area contributed by atoms with Gasteiger partial charge in [0.15, 0.2) is 0 Å². The van der Waals surface area contributed by atoms with Crippen LogP contribution in [0.3, 0.4) is 0 Å². The minimum Gasteiger partial charge on any atom is -0.414 e. The van der Waals surface area contributed by atoms with E-state index in [4.69, 9.17) is 4.43 Å². The smallest absolute Gasteiger partial charge is 0.226 e. The zero-order valence-electron chi connectivity index (χ0n) is 8.32. The first-order valence-corrected chi connectivity index (χ1v) is 5.71. The molecular weight excluding hydrogens is 164 g/mol. The first-order valence-electron chi connectivity index (χ1n) is 4.30. The lowest BCUT2D eigenvalue weighted by Crippen LogP contribution is -1.99. The molecule has 0 aromatic carbocycles. The van der Waals surface area contributed by atoms with Gasteiger partial charge in [-0.25, -0.2) is 0 Å². The van der Waals surface area contributed by atoms with Crippen molar-refractivity contribution in [3.8, 4) is 0 Å². The maximum Gasteiger partial charge on any atom is 0.226 e. The molecule has 1 aliphatic rings. The van der Waals surface area contributed by atoms with Crippen LogP contribution in [0.15, 0.2) is 22.3 Å². The molecule has 0 unspecified atom stereocenters. The van der Waals surface area contributed by atoms with E-state index >= 15 is 0 Å². The molecule has 0 bridgehead atoms. The molecule has 0 saturated carbocycles. The lowest BCUT2D eigenvalue weighted by atomic mass is 10.1. The van der Waals surface area contributed by atoms with Gasteiger partial charge in [-0.3, -0.25) is 0 Å². The zero-order valence-corrected chi connectivity index (χ0v) is 9.32. The Morgan fingerprint density at radius 2 is 1.92 bits per heavy atom. The summed E-state index contributed by atoms with van der Waals surface area (Å²) >= 11 is 0. The lowest BCUT2D eigenvalue weighted by Gasteiger charge is -2.04. The number of rotatable bonds is 3. The summed E-state index contributed by atoms with van der Waals surface area (Å²) < 4.78 is 5.43. The van der Waals surface area contributed by atoms with Crippen molar-refractivity contribution in [3.63, 3.8) is 0 Å². The van der Waals surface area contributed by atoms with E-state index in [1.807, 2.05) is 0 Å². The fourth-order valence-corrected chi connectivity index (χ4v) is 1.81. The second-order valence-electron chi connectivity index (χ2n) is 3.30. The average Bonchev–Trinajstić information content (AvgIpc) is 2.30. The van der Waals surface area contributed by atoms with Crippen LogP contribution in [-0.2, 0) is 4.43 Å². The molecule has 12 heavy (non-hydrogen) atoms. The SMILES string of the molecule is C[Si]OCC1=C(C)C(C)=C(C)C1. The Hall–Kier alpha value is -0.343. The molecule has 2 radical (unpaired) electrons. The van der Waals surface area contributed by atoms with E-state index in [9.17, 15) is 0 Å². The van der Waals surface area contributed by atoms with Gasteiger partial charge in [0.2, 0.25) is 9.76 Å². The van der Waals surface area contributed by atoms with Gasteiger partial charge >= 0.3 is 0 Å².